The van der Waals surface area contributed by atoms with Gasteiger partial charge in [0.2, 0.25) is 0 Å². The summed E-state index contributed by atoms with van der Waals surface area (Å²) >= 11 is 0. The Balaban J connectivity index is 2.30. The molecule has 0 radical (unpaired) electrons. The Bertz CT molecular complexity index is 487. The van der Waals surface area contributed by atoms with Crippen molar-refractivity contribution in [3.63, 3.8) is 0 Å². The molecule has 5 heteroatoms. The summed E-state index contributed by atoms with van der Waals surface area (Å²) in [5.41, 5.74) is 0.648. The normalized spacial score (nSPS) is 22.8. The summed E-state index contributed by atoms with van der Waals surface area (Å²) in [5, 5.41) is 3.23. The van der Waals surface area contributed by atoms with Crippen LogP contribution in [0.3, 0.4) is 0 Å². The number of hydrogen-bond acceptors (Lipinski definition) is 5. The van der Waals surface area contributed by atoms with E-state index >= 15 is 0 Å². The third kappa shape index (κ3) is 2.81. The maximum atomic E-state index is 12.6. The number of esters is 1. The van der Waals surface area contributed by atoms with Gasteiger partial charge in [-0.15, -0.1) is 0 Å². The van der Waals surface area contributed by atoms with Crippen LogP contribution in [0.2, 0.25) is 0 Å². The molecular formula is C14H18N2O3. The molecule has 2 unspecified atom stereocenters. The third-order valence-electron chi connectivity index (χ3n) is 3.66. The van der Waals surface area contributed by atoms with Crippen LogP contribution in [0.1, 0.15) is 34.1 Å². The highest BCUT2D eigenvalue weighted by atomic mass is 16.5. The van der Waals surface area contributed by atoms with Crippen LogP contribution < -0.4 is 5.32 Å². The predicted molar refractivity (Wildman–Crippen MR) is 70.0 cm³/mol. The largest absolute Gasteiger partial charge is 0.465 e. The highest BCUT2D eigenvalue weighted by Gasteiger charge is 2.30. The van der Waals surface area contributed by atoms with Crippen LogP contribution in [0, 0.1) is 11.8 Å². The molecule has 1 aliphatic heterocycles. The van der Waals surface area contributed by atoms with Gasteiger partial charge in [-0.2, -0.15) is 0 Å². The molecule has 19 heavy (non-hydrogen) atoms. The quantitative estimate of drug-likeness (QED) is 0.657. The van der Waals surface area contributed by atoms with E-state index in [9.17, 15) is 9.59 Å². The number of ether oxygens (including phenoxy) is 1. The molecule has 2 heterocycles. The Morgan fingerprint density at radius 1 is 1.42 bits per heavy atom. The molecule has 2 atom stereocenters. The van der Waals surface area contributed by atoms with E-state index in [-0.39, 0.29) is 17.3 Å². The molecule has 0 amide bonds. The van der Waals surface area contributed by atoms with Gasteiger partial charge in [-0.05, 0) is 24.9 Å². The Labute approximate surface area is 112 Å². The van der Waals surface area contributed by atoms with Gasteiger partial charge in [0.1, 0.15) is 0 Å². The molecule has 0 aliphatic carbocycles. The molecule has 1 N–H and O–H groups in total. The number of nitrogens with one attached hydrogen (secondary N) is 1. The Morgan fingerprint density at radius 3 is 2.89 bits per heavy atom. The van der Waals surface area contributed by atoms with Crippen molar-refractivity contribution >= 4 is 11.8 Å². The first kappa shape index (κ1) is 13.7. The molecule has 1 aliphatic rings. The van der Waals surface area contributed by atoms with Gasteiger partial charge < -0.3 is 10.1 Å². The lowest BCUT2D eigenvalue weighted by Gasteiger charge is -2.28. The van der Waals surface area contributed by atoms with Crippen molar-refractivity contribution < 1.29 is 14.3 Å². The zero-order valence-corrected chi connectivity index (χ0v) is 11.2. The van der Waals surface area contributed by atoms with Crippen molar-refractivity contribution in [2.45, 2.75) is 13.3 Å². The Hall–Kier alpha value is -1.75. The molecule has 5 nitrogen and oxygen atoms in total. The summed E-state index contributed by atoms with van der Waals surface area (Å²) in [6.45, 7) is 3.66. The van der Waals surface area contributed by atoms with Crippen LogP contribution in [-0.2, 0) is 4.74 Å². The number of aromatic nitrogens is 1. The van der Waals surface area contributed by atoms with E-state index in [4.69, 9.17) is 4.74 Å². The molecule has 0 aromatic carbocycles. The zero-order chi connectivity index (χ0) is 13.8. The summed E-state index contributed by atoms with van der Waals surface area (Å²) in [4.78, 5) is 28.1. The van der Waals surface area contributed by atoms with Crippen molar-refractivity contribution in [1.82, 2.24) is 10.3 Å². The fourth-order valence-electron chi connectivity index (χ4n) is 2.42. The van der Waals surface area contributed by atoms with E-state index in [1.165, 1.54) is 19.5 Å². The summed E-state index contributed by atoms with van der Waals surface area (Å²) in [6.07, 6.45) is 3.88. The van der Waals surface area contributed by atoms with E-state index < -0.39 is 5.97 Å². The van der Waals surface area contributed by atoms with Crippen LogP contribution in [-0.4, -0.2) is 36.9 Å². The van der Waals surface area contributed by atoms with E-state index in [0.29, 0.717) is 18.0 Å². The zero-order valence-electron chi connectivity index (χ0n) is 11.2. The maximum Gasteiger partial charge on any atom is 0.340 e. The van der Waals surface area contributed by atoms with Gasteiger partial charge in [0.15, 0.2) is 5.78 Å². The maximum absolute atomic E-state index is 12.6. The van der Waals surface area contributed by atoms with Crippen LogP contribution in [0.15, 0.2) is 18.5 Å². The lowest BCUT2D eigenvalue weighted by Crippen LogP contribution is -2.40. The average Bonchev–Trinajstić information content (AvgIpc) is 2.46. The van der Waals surface area contributed by atoms with E-state index in [2.05, 4.69) is 17.2 Å². The summed E-state index contributed by atoms with van der Waals surface area (Å²) in [5.74, 6) is -0.317. The number of ketones is 1. The number of Topliss-reactive ketones (excluding diaryl/α,β-unsaturated/α-hetero) is 1. The second-order valence-electron chi connectivity index (χ2n) is 4.85. The Morgan fingerprint density at radius 2 is 2.21 bits per heavy atom. The van der Waals surface area contributed by atoms with Crippen LogP contribution >= 0.6 is 0 Å². The molecule has 0 saturated carbocycles. The number of hydrogen-bond donors (Lipinski definition) is 1. The highest BCUT2D eigenvalue weighted by molar-refractivity contribution is 6.07. The molecule has 1 saturated heterocycles. The highest BCUT2D eigenvalue weighted by Crippen LogP contribution is 2.24. The van der Waals surface area contributed by atoms with Gasteiger partial charge in [0.25, 0.3) is 0 Å². The van der Waals surface area contributed by atoms with Crippen molar-refractivity contribution in [2.75, 3.05) is 20.2 Å². The first-order valence-electron chi connectivity index (χ1n) is 6.42. The molecule has 1 aromatic heterocycles. The van der Waals surface area contributed by atoms with Crippen molar-refractivity contribution in [3.8, 4) is 0 Å². The number of pyridine rings is 1. The van der Waals surface area contributed by atoms with Crippen molar-refractivity contribution in [1.29, 1.82) is 0 Å². The standard InChI is InChI=1S/C14H18N2O3/c1-9-3-5-15-7-11(9)13(17)10-4-6-16-8-12(10)14(18)19-2/h4,6,8-9,11,15H,3,5,7H2,1-2H3. The van der Waals surface area contributed by atoms with Gasteiger partial charge in [-0.25, -0.2) is 4.79 Å². The van der Waals surface area contributed by atoms with E-state index in [0.717, 1.165) is 13.0 Å². The second-order valence-corrected chi connectivity index (χ2v) is 4.85. The predicted octanol–water partition coefficient (Wildman–Crippen LogP) is 1.30. The summed E-state index contributed by atoms with van der Waals surface area (Å²) < 4.78 is 4.69. The minimum absolute atomic E-state index is 0.0116. The molecule has 0 spiro atoms. The van der Waals surface area contributed by atoms with Crippen LogP contribution in [0.5, 0.6) is 0 Å². The molecule has 1 aromatic rings. The molecule has 0 bridgehead atoms. The van der Waals surface area contributed by atoms with Crippen LogP contribution in [0.25, 0.3) is 0 Å². The molecule has 2 rings (SSSR count). The summed E-state index contributed by atoms with van der Waals surface area (Å²) in [6, 6.07) is 1.59. The number of piperidine rings is 1. The SMILES string of the molecule is COC(=O)c1cnccc1C(=O)C1CNCCC1C. The molecular weight excluding hydrogens is 244 g/mol. The first-order valence-corrected chi connectivity index (χ1v) is 6.42. The summed E-state index contributed by atoms with van der Waals surface area (Å²) in [7, 11) is 1.30. The lowest BCUT2D eigenvalue weighted by atomic mass is 9.82. The molecule has 1 fully saturated rings. The third-order valence-corrected chi connectivity index (χ3v) is 3.66. The minimum atomic E-state index is -0.520. The number of methoxy groups -OCH3 is 1. The fourth-order valence-corrected chi connectivity index (χ4v) is 2.42. The van der Waals surface area contributed by atoms with Gasteiger partial charge in [-0.3, -0.25) is 9.78 Å². The topological polar surface area (TPSA) is 68.3 Å². The van der Waals surface area contributed by atoms with Crippen molar-refractivity contribution in [3.05, 3.63) is 29.6 Å². The first-order chi connectivity index (χ1) is 9.15. The molecule has 102 valence electrons. The lowest BCUT2D eigenvalue weighted by molar-refractivity contribution is 0.0594. The van der Waals surface area contributed by atoms with Crippen molar-refractivity contribution in [2.24, 2.45) is 11.8 Å². The average molecular weight is 262 g/mol. The smallest absolute Gasteiger partial charge is 0.340 e. The van der Waals surface area contributed by atoms with E-state index in [1.807, 2.05) is 0 Å². The fraction of sp³-hybridized carbons (Fsp3) is 0.500. The second kappa shape index (κ2) is 5.93. The van der Waals surface area contributed by atoms with Gasteiger partial charge in [-0.1, -0.05) is 6.92 Å². The number of carbonyl (C=O) groups is 2. The van der Waals surface area contributed by atoms with Gasteiger partial charge in [0.05, 0.1) is 12.7 Å². The monoisotopic (exact) mass is 262 g/mol. The van der Waals surface area contributed by atoms with Gasteiger partial charge in [0, 0.05) is 30.4 Å². The minimum Gasteiger partial charge on any atom is -0.465 e. The van der Waals surface area contributed by atoms with Crippen LogP contribution in [0.4, 0.5) is 0 Å². The Kier molecular flexibility index (Phi) is 4.27. The van der Waals surface area contributed by atoms with E-state index in [1.54, 1.807) is 6.07 Å². The number of rotatable bonds is 3. The number of nitrogens with zero attached hydrogens (tertiary/aromatic N) is 1. The number of carbonyl (C=O) groups excluding carboxylic acids is 2. The van der Waals surface area contributed by atoms with Gasteiger partial charge >= 0.3 is 5.97 Å².